The monoisotopic (exact) mass is 251 g/mol. The van der Waals surface area contributed by atoms with Crippen LogP contribution in [0.25, 0.3) is 0 Å². The predicted molar refractivity (Wildman–Crippen MR) is 74.5 cm³/mol. The first-order chi connectivity index (χ1) is 8.86. The summed E-state index contributed by atoms with van der Waals surface area (Å²) in [4.78, 5) is 0. The van der Waals surface area contributed by atoms with Crippen LogP contribution in [0, 0.1) is 0 Å². The number of aryl methyl sites for hydroxylation is 1. The molecule has 0 spiro atoms. The van der Waals surface area contributed by atoms with Gasteiger partial charge in [0.05, 0.1) is 0 Å². The second-order valence-corrected chi connectivity index (χ2v) is 4.12. The molecule has 3 heteroatoms. The fourth-order valence-electron chi connectivity index (χ4n) is 1.77. The predicted octanol–water partition coefficient (Wildman–Crippen LogP) is 3.61. The third-order valence-electron chi connectivity index (χ3n) is 2.66. The topological polar surface area (TPSA) is 23.4 Å². The Balaban J connectivity index is 2.07. The highest BCUT2D eigenvalue weighted by molar-refractivity contribution is 4.90. The first kappa shape index (κ1) is 15.0. The molecule has 1 rings (SSSR count). The lowest BCUT2D eigenvalue weighted by atomic mass is 10.2. The zero-order valence-electron chi connectivity index (χ0n) is 11.5. The van der Waals surface area contributed by atoms with Crippen molar-refractivity contribution in [1.29, 1.82) is 0 Å². The SMILES string of the molecule is CCOC(/C=C/CCCCn1cccc1)OCC. The van der Waals surface area contributed by atoms with Gasteiger partial charge in [-0.15, -0.1) is 0 Å². The zero-order valence-corrected chi connectivity index (χ0v) is 11.5. The van der Waals surface area contributed by atoms with Gasteiger partial charge < -0.3 is 14.0 Å². The van der Waals surface area contributed by atoms with Crippen molar-refractivity contribution in [3.63, 3.8) is 0 Å². The van der Waals surface area contributed by atoms with E-state index >= 15 is 0 Å². The summed E-state index contributed by atoms with van der Waals surface area (Å²) in [6.07, 6.45) is 11.7. The summed E-state index contributed by atoms with van der Waals surface area (Å²) in [6.45, 7) is 6.43. The van der Waals surface area contributed by atoms with E-state index in [1.165, 1.54) is 12.8 Å². The summed E-state index contributed by atoms with van der Waals surface area (Å²) >= 11 is 0. The average molecular weight is 251 g/mol. The highest BCUT2D eigenvalue weighted by Gasteiger charge is 2.00. The Labute approximate surface area is 110 Å². The first-order valence-electron chi connectivity index (χ1n) is 6.87. The molecular formula is C15H25NO2. The van der Waals surface area contributed by atoms with Crippen molar-refractivity contribution in [3.05, 3.63) is 36.7 Å². The van der Waals surface area contributed by atoms with E-state index in [1.807, 2.05) is 19.9 Å². The number of allylic oxidation sites excluding steroid dienone is 1. The number of hydrogen-bond acceptors (Lipinski definition) is 2. The fraction of sp³-hybridized carbons (Fsp3) is 0.600. The van der Waals surface area contributed by atoms with Gasteiger partial charge in [0.15, 0.2) is 6.29 Å². The number of nitrogens with zero attached hydrogens (tertiary/aromatic N) is 1. The van der Waals surface area contributed by atoms with Gasteiger partial charge in [-0.3, -0.25) is 0 Å². The van der Waals surface area contributed by atoms with Crippen LogP contribution in [0.15, 0.2) is 36.7 Å². The van der Waals surface area contributed by atoms with Crippen molar-refractivity contribution in [2.24, 2.45) is 0 Å². The minimum Gasteiger partial charge on any atom is -0.354 e. The molecule has 1 heterocycles. The lowest BCUT2D eigenvalue weighted by Crippen LogP contribution is -2.14. The molecule has 102 valence electrons. The molecule has 18 heavy (non-hydrogen) atoms. The maximum Gasteiger partial charge on any atom is 0.176 e. The third kappa shape index (κ3) is 6.62. The van der Waals surface area contributed by atoms with Crippen LogP contribution in [0.4, 0.5) is 0 Å². The van der Waals surface area contributed by atoms with E-state index in [4.69, 9.17) is 9.47 Å². The molecule has 0 amide bonds. The second kappa shape index (κ2) is 9.92. The van der Waals surface area contributed by atoms with Crippen molar-refractivity contribution >= 4 is 0 Å². The first-order valence-corrected chi connectivity index (χ1v) is 6.87. The molecule has 0 aliphatic carbocycles. The molecule has 0 atom stereocenters. The number of unbranched alkanes of at least 4 members (excludes halogenated alkanes) is 2. The molecular weight excluding hydrogens is 226 g/mol. The van der Waals surface area contributed by atoms with Gasteiger partial charge >= 0.3 is 0 Å². The fourth-order valence-corrected chi connectivity index (χ4v) is 1.77. The zero-order chi connectivity index (χ0) is 13.1. The van der Waals surface area contributed by atoms with Crippen molar-refractivity contribution < 1.29 is 9.47 Å². The van der Waals surface area contributed by atoms with Crippen LogP contribution in [-0.4, -0.2) is 24.1 Å². The lowest BCUT2D eigenvalue weighted by molar-refractivity contribution is -0.104. The van der Waals surface area contributed by atoms with Gasteiger partial charge in [-0.1, -0.05) is 6.08 Å². The van der Waals surface area contributed by atoms with E-state index in [1.54, 1.807) is 0 Å². The van der Waals surface area contributed by atoms with Crippen LogP contribution in [0.2, 0.25) is 0 Å². The van der Waals surface area contributed by atoms with E-state index in [0.717, 1.165) is 13.0 Å². The van der Waals surface area contributed by atoms with Crippen LogP contribution in [0.1, 0.15) is 33.1 Å². The number of aromatic nitrogens is 1. The molecule has 0 saturated heterocycles. The Bertz CT molecular complexity index is 300. The number of ether oxygens (including phenoxy) is 2. The largest absolute Gasteiger partial charge is 0.354 e. The molecule has 0 radical (unpaired) electrons. The van der Waals surface area contributed by atoms with Gasteiger partial charge in [-0.2, -0.15) is 0 Å². The van der Waals surface area contributed by atoms with Crippen LogP contribution in [-0.2, 0) is 16.0 Å². The molecule has 3 nitrogen and oxygen atoms in total. The summed E-state index contributed by atoms with van der Waals surface area (Å²) in [5.74, 6) is 0. The second-order valence-electron chi connectivity index (χ2n) is 4.12. The Hall–Kier alpha value is -1.06. The molecule has 0 bridgehead atoms. The number of hydrogen-bond donors (Lipinski definition) is 0. The van der Waals surface area contributed by atoms with Gasteiger partial charge in [0, 0.05) is 32.2 Å². The summed E-state index contributed by atoms with van der Waals surface area (Å²) in [6, 6.07) is 4.13. The Morgan fingerprint density at radius 2 is 1.72 bits per heavy atom. The van der Waals surface area contributed by atoms with Crippen molar-refractivity contribution in [2.45, 2.75) is 45.9 Å². The molecule has 0 aliphatic rings. The van der Waals surface area contributed by atoms with Gasteiger partial charge in [0.25, 0.3) is 0 Å². The third-order valence-corrected chi connectivity index (χ3v) is 2.66. The van der Waals surface area contributed by atoms with Gasteiger partial charge in [-0.25, -0.2) is 0 Å². The van der Waals surface area contributed by atoms with Gasteiger partial charge in [0.1, 0.15) is 0 Å². The van der Waals surface area contributed by atoms with Crippen molar-refractivity contribution in [3.8, 4) is 0 Å². The minimum absolute atomic E-state index is 0.176. The number of rotatable bonds is 10. The summed E-state index contributed by atoms with van der Waals surface area (Å²) in [5, 5.41) is 0. The van der Waals surface area contributed by atoms with E-state index in [0.29, 0.717) is 13.2 Å². The lowest BCUT2D eigenvalue weighted by Gasteiger charge is -2.12. The Morgan fingerprint density at radius 1 is 1.06 bits per heavy atom. The highest BCUT2D eigenvalue weighted by Crippen LogP contribution is 2.03. The van der Waals surface area contributed by atoms with E-state index in [2.05, 4.69) is 35.2 Å². The van der Waals surface area contributed by atoms with E-state index in [9.17, 15) is 0 Å². The van der Waals surface area contributed by atoms with Crippen molar-refractivity contribution in [2.75, 3.05) is 13.2 Å². The highest BCUT2D eigenvalue weighted by atomic mass is 16.7. The van der Waals surface area contributed by atoms with Gasteiger partial charge in [0.2, 0.25) is 0 Å². The summed E-state index contributed by atoms with van der Waals surface area (Å²) in [5.41, 5.74) is 0. The maximum atomic E-state index is 5.43. The smallest absolute Gasteiger partial charge is 0.176 e. The maximum absolute atomic E-state index is 5.43. The molecule has 0 unspecified atom stereocenters. The van der Waals surface area contributed by atoms with Gasteiger partial charge in [-0.05, 0) is 51.3 Å². The van der Waals surface area contributed by atoms with Crippen LogP contribution < -0.4 is 0 Å². The van der Waals surface area contributed by atoms with Crippen molar-refractivity contribution in [1.82, 2.24) is 4.57 Å². The van der Waals surface area contributed by atoms with Crippen LogP contribution in [0.5, 0.6) is 0 Å². The minimum atomic E-state index is -0.176. The van der Waals surface area contributed by atoms with E-state index < -0.39 is 0 Å². The molecule has 1 aromatic heterocycles. The standard InChI is InChI=1S/C15H25NO2/c1-3-17-15(18-4-2)11-7-5-6-8-12-16-13-9-10-14-16/h7,9-11,13-15H,3-6,8,12H2,1-2H3/b11-7+. The summed E-state index contributed by atoms with van der Waals surface area (Å²) < 4.78 is 13.1. The molecule has 0 N–H and O–H groups in total. The molecule has 0 fully saturated rings. The molecule has 1 aromatic rings. The van der Waals surface area contributed by atoms with Crippen LogP contribution in [0.3, 0.4) is 0 Å². The molecule has 0 aromatic carbocycles. The molecule has 0 saturated carbocycles. The Morgan fingerprint density at radius 3 is 2.33 bits per heavy atom. The average Bonchev–Trinajstić information content (AvgIpc) is 2.87. The molecule has 0 aliphatic heterocycles. The summed E-state index contributed by atoms with van der Waals surface area (Å²) in [7, 11) is 0. The van der Waals surface area contributed by atoms with E-state index in [-0.39, 0.29) is 6.29 Å². The Kier molecular flexibility index (Phi) is 8.26. The quantitative estimate of drug-likeness (QED) is 0.360. The normalized spacial score (nSPS) is 11.7. The van der Waals surface area contributed by atoms with Crippen LogP contribution >= 0.6 is 0 Å².